The van der Waals surface area contributed by atoms with Crippen LogP contribution in [0.25, 0.3) is 11.6 Å². The Labute approximate surface area is 88.2 Å². The molecule has 78 valence electrons. The molecule has 2 aromatic heterocycles. The maximum atomic E-state index is 5.78. The van der Waals surface area contributed by atoms with Gasteiger partial charge in [-0.15, -0.1) is 0 Å². The SMILES string of the molecule is Cc1nc(-c2ccco2)ncc1[C@@H](C)N. The molecule has 1 atom stereocenters. The van der Waals surface area contributed by atoms with Gasteiger partial charge in [-0.1, -0.05) is 0 Å². The number of rotatable bonds is 2. The van der Waals surface area contributed by atoms with Crippen molar-refractivity contribution in [3.8, 4) is 11.6 Å². The highest BCUT2D eigenvalue weighted by molar-refractivity contribution is 5.46. The summed E-state index contributed by atoms with van der Waals surface area (Å²) in [7, 11) is 0. The molecule has 0 radical (unpaired) electrons. The maximum absolute atomic E-state index is 5.78. The minimum absolute atomic E-state index is 0.0457. The van der Waals surface area contributed by atoms with Crippen LogP contribution in [-0.2, 0) is 0 Å². The van der Waals surface area contributed by atoms with E-state index in [4.69, 9.17) is 10.2 Å². The van der Waals surface area contributed by atoms with Crippen molar-refractivity contribution in [2.75, 3.05) is 0 Å². The Hall–Kier alpha value is -1.68. The van der Waals surface area contributed by atoms with Crippen molar-refractivity contribution in [2.24, 2.45) is 5.73 Å². The van der Waals surface area contributed by atoms with Crippen LogP contribution in [0, 0.1) is 6.92 Å². The summed E-state index contributed by atoms with van der Waals surface area (Å²) in [6.07, 6.45) is 3.36. The van der Waals surface area contributed by atoms with Crippen LogP contribution in [0.4, 0.5) is 0 Å². The van der Waals surface area contributed by atoms with Crippen LogP contribution in [0.2, 0.25) is 0 Å². The predicted molar refractivity (Wildman–Crippen MR) is 57.1 cm³/mol. The highest BCUT2D eigenvalue weighted by Crippen LogP contribution is 2.18. The molecule has 0 saturated carbocycles. The van der Waals surface area contributed by atoms with E-state index < -0.39 is 0 Å². The fourth-order valence-electron chi connectivity index (χ4n) is 1.45. The number of furan rings is 1. The van der Waals surface area contributed by atoms with Crippen molar-refractivity contribution in [1.29, 1.82) is 0 Å². The van der Waals surface area contributed by atoms with Crippen LogP contribution < -0.4 is 5.73 Å². The number of hydrogen-bond donors (Lipinski definition) is 1. The second-order valence-electron chi connectivity index (χ2n) is 3.50. The van der Waals surface area contributed by atoms with Gasteiger partial charge in [0.25, 0.3) is 0 Å². The van der Waals surface area contributed by atoms with E-state index in [2.05, 4.69) is 9.97 Å². The van der Waals surface area contributed by atoms with Crippen molar-refractivity contribution < 1.29 is 4.42 Å². The minimum Gasteiger partial charge on any atom is -0.461 e. The molecule has 0 unspecified atom stereocenters. The normalized spacial score (nSPS) is 12.7. The zero-order valence-electron chi connectivity index (χ0n) is 8.77. The van der Waals surface area contributed by atoms with E-state index in [1.165, 1.54) is 0 Å². The van der Waals surface area contributed by atoms with E-state index in [-0.39, 0.29) is 6.04 Å². The number of aromatic nitrogens is 2. The molecule has 0 aromatic carbocycles. The molecule has 2 heterocycles. The van der Waals surface area contributed by atoms with Crippen LogP contribution in [-0.4, -0.2) is 9.97 Å². The molecule has 4 heteroatoms. The molecule has 2 aromatic rings. The molecule has 0 saturated heterocycles. The summed E-state index contributed by atoms with van der Waals surface area (Å²) in [5.41, 5.74) is 7.64. The Morgan fingerprint density at radius 2 is 2.27 bits per heavy atom. The molecule has 0 bridgehead atoms. The first-order valence-corrected chi connectivity index (χ1v) is 4.81. The summed E-state index contributed by atoms with van der Waals surface area (Å²) in [5.74, 6) is 1.27. The smallest absolute Gasteiger partial charge is 0.195 e. The molecule has 4 nitrogen and oxygen atoms in total. The summed E-state index contributed by atoms with van der Waals surface area (Å²) in [5, 5.41) is 0. The number of nitrogens with zero attached hydrogens (tertiary/aromatic N) is 2. The summed E-state index contributed by atoms with van der Waals surface area (Å²) in [6, 6.07) is 3.60. The fraction of sp³-hybridized carbons (Fsp3) is 0.273. The molecular formula is C11H13N3O. The van der Waals surface area contributed by atoms with Gasteiger partial charge in [0.15, 0.2) is 11.6 Å². The summed E-state index contributed by atoms with van der Waals surface area (Å²) in [6.45, 7) is 3.84. The molecule has 2 N–H and O–H groups in total. The molecule has 15 heavy (non-hydrogen) atoms. The molecule has 2 rings (SSSR count). The average molecular weight is 203 g/mol. The Bertz CT molecular complexity index is 449. The van der Waals surface area contributed by atoms with E-state index in [0.717, 1.165) is 11.3 Å². The highest BCUT2D eigenvalue weighted by atomic mass is 16.3. The summed E-state index contributed by atoms with van der Waals surface area (Å²) >= 11 is 0. The first-order chi connectivity index (χ1) is 7.18. The zero-order chi connectivity index (χ0) is 10.8. The van der Waals surface area contributed by atoms with Gasteiger partial charge in [0.2, 0.25) is 0 Å². The molecule has 0 fully saturated rings. The van der Waals surface area contributed by atoms with Crippen LogP contribution in [0.5, 0.6) is 0 Å². The second kappa shape index (κ2) is 3.82. The minimum atomic E-state index is -0.0457. The number of nitrogens with two attached hydrogens (primary N) is 1. The molecule has 0 amide bonds. The third-order valence-corrected chi connectivity index (χ3v) is 2.25. The molecular weight excluding hydrogens is 190 g/mol. The fourth-order valence-corrected chi connectivity index (χ4v) is 1.45. The Kier molecular flexibility index (Phi) is 2.51. The lowest BCUT2D eigenvalue weighted by Crippen LogP contribution is -2.09. The van der Waals surface area contributed by atoms with Crippen molar-refractivity contribution >= 4 is 0 Å². The lowest BCUT2D eigenvalue weighted by Gasteiger charge is -2.08. The largest absolute Gasteiger partial charge is 0.461 e. The van der Waals surface area contributed by atoms with Gasteiger partial charge in [-0.3, -0.25) is 0 Å². The van der Waals surface area contributed by atoms with Gasteiger partial charge in [0.05, 0.1) is 6.26 Å². The van der Waals surface area contributed by atoms with Crippen LogP contribution in [0.1, 0.15) is 24.2 Å². The average Bonchev–Trinajstić information content (AvgIpc) is 2.69. The third-order valence-electron chi connectivity index (χ3n) is 2.25. The standard InChI is InChI=1S/C11H13N3O/c1-7(12)9-6-13-11(14-8(9)2)10-4-3-5-15-10/h3-7H,12H2,1-2H3/t7-/m1/s1. The first-order valence-electron chi connectivity index (χ1n) is 4.81. The monoisotopic (exact) mass is 203 g/mol. The summed E-state index contributed by atoms with van der Waals surface area (Å²) < 4.78 is 5.22. The summed E-state index contributed by atoms with van der Waals surface area (Å²) in [4.78, 5) is 8.57. The lowest BCUT2D eigenvalue weighted by molar-refractivity contribution is 0.576. The van der Waals surface area contributed by atoms with Crippen molar-refractivity contribution in [3.05, 3.63) is 35.9 Å². The van der Waals surface area contributed by atoms with E-state index in [9.17, 15) is 0 Å². The van der Waals surface area contributed by atoms with Crippen molar-refractivity contribution in [1.82, 2.24) is 9.97 Å². The van der Waals surface area contributed by atoms with Gasteiger partial charge in [0.1, 0.15) is 0 Å². The van der Waals surface area contributed by atoms with Gasteiger partial charge in [-0.05, 0) is 26.0 Å². The van der Waals surface area contributed by atoms with E-state index in [1.54, 1.807) is 12.5 Å². The quantitative estimate of drug-likeness (QED) is 0.811. The molecule has 0 spiro atoms. The lowest BCUT2D eigenvalue weighted by atomic mass is 10.1. The van der Waals surface area contributed by atoms with E-state index >= 15 is 0 Å². The Morgan fingerprint density at radius 3 is 2.80 bits per heavy atom. The van der Waals surface area contributed by atoms with E-state index in [0.29, 0.717) is 11.6 Å². The van der Waals surface area contributed by atoms with Crippen LogP contribution in [0.3, 0.4) is 0 Å². The van der Waals surface area contributed by atoms with Gasteiger partial charge < -0.3 is 10.2 Å². The van der Waals surface area contributed by atoms with E-state index in [1.807, 2.05) is 26.0 Å². The topological polar surface area (TPSA) is 64.9 Å². The second-order valence-corrected chi connectivity index (χ2v) is 3.50. The maximum Gasteiger partial charge on any atom is 0.195 e. The number of aryl methyl sites for hydroxylation is 1. The highest BCUT2D eigenvalue weighted by Gasteiger charge is 2.09. The third kappa shape index (κ3) is 1.89. The number of hydrogen-bond acceptors (Lipinski definition) is 4. The van der Waals surface area contributed by atoms with Crippen LogP contribution >= 0.6 is 0 Å². The molecule has 0 aliphatic carbocycles. The Morgan fingerprint density at radius 1 is 1.47 bits per heavy atom. The Balaban J connectivity index is 2.42. The van der Waals surface area contributed by atoms with Crippen molar-refractivity contribution in [2.45, 2.75) is 19.9 Å². The van der Waals surface area contributed by atoms with Gasteiger partial charge in [0, 0.05) is 23.5 Å². The van der Waals surface area contributed by atoms with Gasteiger partial charge in [-0.25, -0.2) is 9.97 Å². The first kappa shape index (κ1) is 9.86. The van der Waals surface area contributed by atoms with Crippen LogP contribution in [0.15, 0.2) is 29.0 Å². The van der Waals surface area contributed by atoms with Gasteiger partial charge >= 0.3 is 0 Å². The molecule has 0 aliphatic heterocycles. The zero-order valence-corrected chi connectivity index (χ0v) is 8.77. The van der Waals surface area contributed by atoms with Gasteiger partial charge in [-0.2, -0.15) is 0 Å². The predicted octanol–water partition coefficient (Wildman–Crippen LogP) is 2.06. The molecule has 0 aliphatic rings. The van der Waals surface area contributed by atoms with Crippen molar-refractivity contribution in [3.63, 3.8) is 0 Å².